The fraction of sp³-hybridized carbons (Fsp3) is 0.133. The minimum Gasteiger partial charge on any atom is -0.491 e. The lowest BCUT2D eigenvalue weighted by Gasteiger charge is -2.14. The van der Waals surface area contributed by atoms with E-state index >= 15 is 0 Å². The third-order valence-corrected chi connectivity index (χ3v) is 3.47. The number of benzene rings is 2. The number of anilines is 1. The first-order valence-corrected chi connectivity index (χ1v) is 6.34. The van der Waals surface area contributed by atoms with Crippen LogP contribution < -0.4 is 10.1 Å². The summed E-state index contributed by atoms with van der Waals surface area (Å²) < 4.78 is 5.61. The Kier molecular flexibility index (Phi) is 3.02. The monoisotopic (exact) mass is 270 g/mol. The summed E-state index contributed by atoms with van der Waals surface area (Å²) in [4.78, 5) is 0. The summed E-state index contributed by atoms with van der Waals surface area (Å²) in [6, 6.07) is 15.5. The normalized spacial score (nSPS) is 16.3. The van der Waals surface area contributed by atoms with Crippen molar-refractivity contribution >= 4 is 17.3 Å². The Hall–Kier alpha value is -2.18. The molecule has 0 saturated carbocycles. The van der Waals surface area contributed by atoms with Crippen LogP contribution in [-0.2, 0) is 0 Å². The fourth-order valence-electron chi connectivity index (χ4n) is 2.23. The van der Waals surface area contributed by atoms with Gasteiger partial charge in [0.2, 0.25) is 0 Å². The van der Waals surface area contributed by atoms with Crippen LogP contribution in [0.1, 0.15) is 17.2 Å². The molecular weight excluding hydrogens is 260 g/mol. The Morgan fingerprint density at radius 1 is 1.21 bits per heavy atom. The van der Waals surface area contributed by atoms with Gasteiger partial charge >= 0.3 is 0 Å². The largest absolute Gasteiger partial charge is 0.491 e. The average molecular weight is 271 g/mol. The maximum atomic E-state index is 9.16. The van der Waals surface area contributed by atoms with Crippen molar-refractivity contribution < 1.29 is 4.74 Å². The fourth-order valence-corrected chi connectivity index (χ4v) is 2.44. The van der Waals surface area contributed by atoms with Crippen LogP contribution in [0, 0.1) is 11.3 Å². The molecule has 3 rings (SSSR count). The van der Waals surface area contributed by atoms with Crippen LogP contribution in [0.25, 0.3) is 0 Å². The quantitative estimate of drug-likeness (QED) is 0.904. The number of nitriles is 1. The van der Waals surface area contributed by atoms with Crippen LogP contribution in [0.3, 0.4) is 0 Å². The highest BCUT2D eigenvalue weighted by Crippen LogP contribution is 2.35. The van der Waals surface area contributed by atoms with Gasteiger partial charge in [-0.2, -0.15) is 5.26 Å². The van der Waals surface area contributed by atoms with Crippen molar-refractivity contribution in [2.75, 3.05) is 11.9 Å². The van der Waals surface area contributed by atoms with E-state index in [0.717, 1.165) is 17.0 Å². The van der Waals surface area contributed by atoms with Gasteiger partial charge in [-0.15, -0.1) is 0 Å². The van der Waals surface area contributed by atoms with Crippen molar-refractivity contribution in [2.45, 2.75) is 6.04 Å². The van der Waals surface area contributed by atoms with Crippen molar-refractivity contribution in [2.24, 2.45) is 0 Å². The second kappa shape index (κ2) is 4.83. The predicted molar refractivity (Wildman–Crippen MR) is 74.5 cm³/mol. The van der Waals surface area contributed by atoms with Crippen LogP contribution in [0.4, 0.5) is 5.69 Å². The molecule has 1 atom stereocenters. The molecule has 0 aliphatic carbocycles. The number of fused-ring (bicyclic) bond motifs is 1. The third-order valence-electron chi connectivity index (χ3n) is 3.16. The maximum absolute atomic E-state index is 9.16. The summed E-state index contributed by atoms with van der Waals surface area (Å²) in [5.74, 6) is 0.889. The summed E-state index contributed by atoms with van der Waals surface area (Å²) >= 11 is 6.02. The molecule has 0 fully saturated rings. The highest BCUT2D eigenvalue weighted by molar-refractivity contribution is 6.32. The number of hydrogen-bond donors (Lipinski definition) is 1. The van der Waals surface area contributed by atoms with Gasteiger partial charge in [-0.25, -0.2) is 0 Å². The molecule has 0 amide bonds. The molecule has 0 radical (unpaired) electrons. The van der Waals surface area contributed by atoms with Crippen molar-refractivity contribution in [1.82, 2.24) is 0 Å². The van der Waals surface area contributed by atoms with Crippen LogP contribution >= 0.6 is 11.6 Å². The maximum Gasteiger partial charge on any atom is 0.124 e. The topological polar surface area (TPSA) is 45.0 Å². The van der Waals surface area contributed by atoms with E-state index in [1.807, 2.05) is 36.4 Å². The molecule has 19 heavy (non-hydrogen) atoms. The van der Waals surface area contributed by atoms with E-state index in [1.165, 1.54) is 0 Å². The number of para-hydroxylation sites is 1. The van der Waals surface area contributed by atoms with Gasteiger partial charge in [-0.1, -0.05) is 35.9 Å². The lowest BCUT2D eigenvalue weighted by atomic mass is 10.1. The van der Waals surface area contributed by atoms with Gasteiger partial charge in [0, 0.05) is 5.56 Å². The number of ether oxygens (including phenoxy) is 1. The molecule has 3 nitrogen and oxygen atoms in total. The zero-order valence-electron chi connectivity index (χ0n) is 10.1. The number of nitrogens with zero attached hydrogens (tertiary/aromatic N) is 1. The SMILES string of the molecule is N#Cc1c(Cl)cccc1NC1COc2ccccc21. The lowest BCUT2D eigenvalue weighted by molar-refractivity contribution is 0.340. The minimum absolute atomic E-state index is 0.0433. The molecule has 0 bridgehead atoms. The highest BCUT2D eigenvalue weighted by atomic mass is 35.5. The molecule has 94 valence electrons. The van der Waals surface area contributed by atoms with E-state index in [0.29, 0.717) is 17.2 Å². The van der Waals surface area contributed by atoms with Gasteiger partial charge in [0.15, 0.2) is 0 Å². The van der Waals surface area contributed by atoms with Crippen LogP contribution in [0.5, 0.6) is 5.75 Å². The summed E-state index contributed by atoms with van der Waals surface area (Å²) in [7, 11) is 0. The second-order valence-electron chi connectivity index (χ2n) is 4.32. The Bertz CT molecular complexity index is 663. The molecule has 0 aromatic heterocycles. The summed E-state index contributed by atoms with van der Waals surface area (Å²) in [6.07, 6.45) is 0. The first-order chi connectivity index (χ1) is 9.29. The van der Waals surface area contributed by atoms with E-state index in [4.69, 9.17) is 21.6 Å². The minimum atomic E-state index is 0.0433. The highest BCUT2D eigenvalue weighted by Gasteiger charge is 2.24. The van der Waals surface area contributed by atoms with Gasteiger partial charge in [0.1, 0.15) is 18.4 Å². The number of halogens is 1. The van der Waals surface area contributed by atoms with Gasteiger partial charge < -0.3 is 10.1 Å². The van der Waals surface area contributed by atoms with Crippen molar-refractivity contribution in [3.05, 3.63) is 58.6 Å². The summed E-state index contributed by atoms with van der Waals surface area (Å²) in [5.41, 5.74) is 2.31. The van der Waals surface area contributed by atoms with E-state index in [-0.39, 0.29) is 6.04 Å². The van der Waals surface area contributed by atoms with E-state index in [9.17, 15) is 0 Å². The smallest absolute Gasteiger partial charge is 0.124 e. The van der Waals surface area contributed by atoms with Gasteiger partial charge in [-0.3, -0.25) is 0 Å². The van der Waals surface area contributed by atoms with E-state index in [1.54, 1.807) is 6.07 Å². The second-order valence-corrected chi connectivity index (χ2v) is 4.73. The Morgan fingerprint density at radius 2 is 2.05 bits per heavy atom. The Morgan fingerprint density at radius 3 is 2.89 bits per heavy atom. The van der Waals surface area contributed by atoms with Gasteiger partial charge in [0.05, 0.1) is 22.3 Å². The Labute approximate surface area is 116 Å². The molecule has 0 saturated heterocycles. The van der Waals surface area contributed by atoms with Gasteiger partial charge in [-0.05, 0) is 18.2 Å². The molecule has 4 heteroatoms. The summed E-state index contributed by atoms with van der Waals surface area (Å²) in [6.45, 7) is 0.552. The Balaban J connectivity index is 1.92. The molecule has 1 N–H and O–H groups in total. The molecule has 1 aliphatic heterocycles. The lowest BCUT2D eigenvalue weighted by Crippen LogP contribution is -2.12. The molecule has 2 aromatic rings. The van der Waals surface area contributed by atoms with Crippen LogP contribution in [-0.4, -0.2) is 6.61 Å². The third kappa shape index (κ3) is 2.11. The standard InChI is InChI=1S/C15H11ClN2O/c16-12-5-3-6-13(11(12)8-17)18-14-9-19-15-7-2-1-4-10(14)15/h1-7,14,18H,9H2. The van der Waals surface area contributed by atoms with Gasteiger partial charge in [0.25, 0.3) is 0 Å². The number of rotatable bonds is 2. The number of hydrogen-bond acceptors (Lipinski definition) is 3. The van der Waals surface area contributed by atoms with E-state index in [2.05, 4.69) is 11.4 Å². The first kappa shape index (κ1) is 11.9. The number of nitrogens with one attached hydrogen (secondary N) is 1. The zero-order chi connectivity index (χ0) is 13.2. The van der Waals surface area contributed by atoms with Crippen LogP contribution in [0.15, 0.2) is 42.5 Å². The molecular formula is C15H11ClN2O. The van der Waals surface area contributed by atoms with Crippen molar-refractivity contribution in [1.29, 1.82) is 5.26 Å². The average Bonchev–Trinajstić information content (AvgIpc) is 2.83. The van der Waals surface area contributed by atoms with Crippen LogP contribution in [0.2, 0.25) is 5.02 Å². The summed E-state index contributed by atoms with van der Waals surface area (Å²) in [5, 5.41) is 12.9. The molecule has 0 spiro atoms. The van der Waals surface area contributed by atoms with Crippen molar-refractivity contribution in [3.8, 4) is 11.8 Å². The molecule has 1 heterocycles. The first-order valence-electron chi connectivity index (χ1n) is 5.96. The molecule has 2 aromatic carbocycles. The van der Waals surface area contributed by atoms with Crippen molar-refractivity contribution in [3.63, 3.8) is 0 Å². The predicted octanol–water partition coefficient (Wildman–Crippen LogP) is 3.76. The van der Waals surface area contributed by atoms with E-state index < -0.39 is 0 Å². The molecule has 1 aliphatic rings. The zero-order valence-corrected chi connectivity index (χ0v) is 10.8. The molecule has 1 unspecified atom stereocenters.